The van der Waals surface area contributed by atoms with Gasteiger partial charge in [0.2, 0.25) is 0 Å². The molecule has 2 rings (SSSR count). The highest BCUT2D eigenvalue weighted by atomic mass is 16.5. The molecule has 6 nitrogen and oxygen atoms in total. The van der Waals surface area contributed by atoms with E-state index in [2.05, 4.69) is 5.32 Å². The second-order valence-corrected chi connectivity index (χ2v) is 5.91. The summed E-state index contributed by atoms with van der Waals surface area (Å²) in [5.74, 6) is -0.100. The van der Waals surface area contributed by atoms with Crippen molar-refractivity contribution in [2.75, 3.05) is 19.0 Å². The van der Waals surface area contributed by atoms with Gasteiger partial charge in [0.15, 0.2) is 0 Å². The minimum absolute atomic E-state index is 0.0603. The SMILES string of the molecule is COc1ccc(C(=O)O)cc1NC(=O)c1cccc(OCC(C)C)c1. The molecule has 0 atom stereocenters. The highest BCUT2D eigenvalue weighted by Gasteiger charge is 2.13. The lowest BCUT2D eigenvalue weighted by Gasteiger charge is -2.12. The lowest BCUT2D eigenvalue weighted by Crippen LogP contribution is -2.14. The van der Waals surface area contributed by atoms with E-state index in [4.69, 9.17) is 14.6 Å². The molecule has 2 N–H and O–H groups in total. The van der Waals surface area contributed by atoms with Gasteiger partial charge in [-0.15, -0.1) is 0 Å². The fourth-order valence-electron chi connectivity index (χ4n) is 2.12. The number of nitrogens with one attached hydrogen (secondary N) is 1. The standard InChI is InChI=1S/C19H21NO5/c1-12(2)11-25-15-6-4-5-13(9-15)18(21)20-16-10-14(19(22)23)7-8-17(16)24-3/h4-10,12H,11H2,1-3H3,(H,20,21)(H,22,23). The molecule has 0 aliphatic carbocycles. The first-order valence-corrected chi connectivity index (χ1v) is 7.86. The van der Waals surface area contributed by atoms with Gasteiger partial charge in [0, 0.05) is 5.56 Å². The average Bonchev–Trinajstić information content (AvgIpc) is 2.60. The number of carboxylic acid groups (broad SMARTS) is 1. The third-order valence-electron chi connectivity index (χ3n) is 3.37. The third-order valence-corrected chi connectivity index (χ3v) is 3.37. The van der Waals surface area contributed by atoms with E-state index in [9.17, 15) is 9.59 Å². The molecule has 6 heteroatoms. The van der Waals surface area contributed by atoms with Crippen molar-refractivity contribution in [2.24, 2.45) is 5.92 Å². The molecule has 0 saturated heterocycles. The molecule has 1 amide bonds. The summed E-state index contributed by atoms with van der Waals surface area (Å²) in [6.45, 7) is 4.64. The summed E-state index contributed by atoms with van der Waals surface area (Å²) in [6.07, 6.45) is 0. The smallest absolute Gasteiger partial charge is 0.335 e. The van der Waals surface area contributed by atoms with Crippen LogP contribution in [0.3, 0.4) is 0 Å². The fourth-order valence-corrected chi connectivity index (χ4v) is 2.12. The van der Waals surface area contributed by atoms with Crippen LogP contribution in [0.1, 0.15) is 34.6 Å². The van der Waals surface area contributed by atoms with Gasteiger partial charge in [0.25, 0.3) is 5.91 Å². The van der Waals surface area contributed by atoms with E-state index >= 15 is 0 Å². The highest BCUT2D eigenvalue weighted by Crippen LogP contribution is 2.26. The Bertz CT molecular complexity index is 770. The molecular weight excluding hydrogens is 322 g/mol. The molecule has 0 radical (unpaired) electrons. The van der Waals surface area contributed by atoms with Crippen molar-refractivity contribution in [1.29, 1.82) is 0 Å². The second kappa shape index (κ2) is 8.19. The fraction of sp³-hybridized carbons (Fsp3) is 0.263. The minimum atomic E-state index is -1.08. The van der Waals surface area contributed by atoms with Gasteiger partial charge in [0.05, 0.1) is 25.0 Å². The predicted molar refractivity (Wildman–Crippen MR) is 94.7 cm³/mol. The number of rotatable bonds is 7. The Balaban J connectivity index is 2.20. The summed E-state index contributed by atoms with van der Waals surface area (Å²) < 4.78 is 10.8. The Kier molecular flexibility index (Phi) is 6.00. The Morgan fingerprint density at radius 1 is 1.12 bits per heavy atom. The number of hydrogen-bond donors (Lipinski definition) is 2. The van der Waals surface area contributed by atoms with Crippen molar-refractivity contribution in [3.63, 3.8) is 0 Å². The van der Waals surface area contributed by atoms with Crippen LogP contribution in [0.4, 0.5) is 5.69 Å². The number of hydrogen-bond acceptors (Lipinski definition) is 4. The van der Waals surface area contributed by atoms with Gasteiger partial charge in [-0.2, -0.15) is 0 Å². The molecule has 0 spiro atoms. The van der Waals surface area contributed by atoms with Gasteiger partial charge in [-0.05, 0) is 42.3 Å². The number of carbonyl (C=O) groups excluding carboxylic acids is 1. The van der Waals surface area contributed by atoms with Crippen LogP contribution >= 0.6 is 0 Å². The van der Waals surface area contributed by atoms with Crippen LogP contribution in [-0.2, 0) is 0 Å². The van der Waals surface area contributed by atoms with E-state index in [1.807, 2.05) is 13.8 Å². The van der Waals surface area contributed by atoms with Gasteiger partial charge in [-0.3, -0.25) is 4.79 Å². The zero-order valence-corrected chi connectivity index (χ0v) is 14.4. The Morgan fingerprint density at radius 3 is 2.52 bits per heavy atom. The molecule has 0 aliphatic rings. The highest BCUT2D eigenvalue weighted by molar-refractivity contribution is 6.05. The monoisotopic (exact) mass is 343 g/mol. The summed E-state index contributed by atoms with van der Waals surface area (Å²) in [4.78, 5) is 23.6. The van der Waals surface area contributed by atoms with Crippen molar-refractivity contribution >= 4 is 17.6 Å². The molecule has 0 fully saturated rings. The Morgan fingerprint density at radius 2 is 1.88 bits per heavy atom. The molecule has 0 unspecified atom stereocenters. The molecule has 132 valence electrons. The molecule has 25 heavy (non-hydrogen) atoms. The third kappa shape index (κ3) is 4.97. The minimum Gasteiger partial charge on any atom is -0.495 e. The number of methoxy groups -OCH3 is 1. The van der Waals surface area contributed by atoms with Crippen molar-refractivity contribution in [3.05, 3.63) is 53.6 Å². The molecule has 0 saturated carbocycles. The lowest BCUT2D eigenvalue weighted by atomic mass is 10.1. The average molecular weight is 343 g/mol. The van der Waals surface area contributed by atoms with Crippen LogP contribution in [0.15, 0.2) is 42.5 Å². The summed E-state index contributed by atoms with van der Waals surface area (Å²) in [5, 5.41) is 11.8. The van der Waals surface area contributed by atoms with Crippen molar-refractivity contribution in [1.82, 2.24) is 0 Å². The van der Waals surface area contributed by atoms with Gasteiger partial charge >= 0.3 is 5.97 Å². The molecule has 0 aromatic heterocycles. The quantitative estimate of drug-likeness (QED) is 0.801. The summed E-state index contributed by atoms with van der Waals surface area (Å²) >= 11 is 0. The van der Waals surface area contributed by atoms with Crippen molar-refractivity contribution in [3.8, 4) is 11.5 Å². The number of ether oxygens (including phenoxy) is 2. The van der Waals surface area contributed by atoms with Crippen molar-refractivity contribution < 1.29 is 24.2 Å². The van der Waals surface area contributed by atoms with E-state index in [-0.39, 0.29) is 11.5 Å². The van der Waals surface area contributed by atoms with Crippen LogP contribution in [0.5, 0.6) is 11.5 Å². The van der Waals surface area contributed by atoms with E-state index in [1.165, 1.54) is 25.3 Å². The molecule has 2 aromatic carbocycles. The first-order valence-electron chi connectivity index (χ1n) is 7.86. The van der Waals surface area contributed by atoms with E-state index in [0.717, 1.165) is 0 Å². The van der Waals surface area contributed by atoms with Crippen LogP contribution in [0.25, 0.3) is 0 Å². The van der Waals surface area contributed by atoms with E-state index in [0.29, 0.717) is 35.3 Å². The number of benzene rings is 2. The van der Waals surface area contributed by atoms with E-state index in [1.54, 1.807) is 24.3 Å². The summed E-state index contributed by atoms with van der Waals surface area (Å²) in [5.41, 5.74) is 0.759. The second-order valence-electron chi connectivity index (χ2n) is 5.91. The van der Waals surface area contributed by atoms with Crippen LogP contribution in [0, 0.1) is 5.92 Å². The molecular formula is C19H21NO5. The van der Waals surface area contributed by atoms with Gasteiger partial charge in [-0.1, -0.05) is 19.9 Å². The van der Waals surface area contributed by atoms with Crippen LogP contribution in [0.2, 0.25) is 0 Å². The first-order chi connectivity index (χ1) is 11.9. The van der Waals surface area contributed by atoms with Gasteiger partial charge in [0.1, 0.15) is 11.5 Å². The summed E-state index contributed by atoms with van der Waals surface area (Å²) in [6, 6.07) is 11.1. The zero-order chi connectivity index (χ0) is 18.4. The number of amides is 1. The maximum Gasteiger partial charge on any atom is 0.335 e. The van der Waals surface area contributed by atoms with Gasteiger partial charge < -0.3 is 19.9 Å². The number of carbonyl (C=O) groups is 2. The first kappa shape index (κ1) is 18.3. The summed E-state index contributed by atoms with van der Waals surface area (Å²) in [7, 11) is 1.45. The number of carboxylic acids is 1. The topological polar surface area (TPSA) is 84.9 Å². The zero-order valence-electron chi connectivity index (χ0n) is 14.4. The van der Waals surface area contributed by atoms with Gasteiger partial charge in [-0.25, -0.2) is 4.79 Å². The molecule has 0 aliphatic heterocycles. The molecule has 0 bridgehead atoms. The Hall–Kier alpha value is -3.02. The van der Waals surface area contributed by atoms with Crippen LogP contribution < -0.4 is 14.8 Å². The lowest BCUT2D eigenvalue weighted by molar-refractivity contribution is 0.0696. The van der Waals surface area contributed by atoms with Crippen LogP contribution in [-0.4, -0.2) is 30.7 Å². The predicted octanol–water partition coefficient (Wildman–Crippen LogP) is 3.68. The number of anilines is 1. The largest absolute Gasteiger partial charge is 0.495 e. The maximum atomic E-state index is 12.5. The number of aromatic carboxylic acids is 1. The normalized spacial score (nSPS) is 10.4. The molecule has 0 heterocycles. The van der Waals surface area contributed by atoms with Crippen molar-refractivity contribution in [2.45, 2.75) is 13.8 Å². The molecule has 2 aromatic rings. The Labute approximate surface area is 146 Å². The maximum absolute atomic E-state index is 12.5. The van der Waals surface area contributed by atoms with E-state index < -0.39 is 5.97 Å².